The van der Waals surface area contributed by atoms with Gasteiger partial charge in [-0.2, -0.15) is 5.10 Å². The molecule has 3 N–H and O–H groups in total. The molecule has 4 rings (SSSR count). The van der Waals surface area contributed by atoms with Crippen molar-refractivity contribution in [3.05, 3.63) is 58.5 Å². The summed E-state index contributed by atoms with van der Waals surface area (Å²) in [4.78, 5) is 25.3. The minimum atomic E-state index is -0.295. The number of aromatic nitrogens is 4. The number of hydrogen-bond donors (Lipinski definition) is 2. The summed E-state index contributed by atoms with van der Waals surface area (Å²) < 4.78 is 5.22. The number of hydrogen-bond acceptors (Lipinski definition) is 4. The van der Waals surface area contributed by atoms with Crippen LogP contribution in [0.15, 0.2) is 47.3 Å². The topological polar surface area (TPSA) is 99.9 Å². The van der Waals surface area contributed by atoms with Gasteiger partial charge < -0.3 is 11.1 Å². The number of anilines is 1. The minimum absolute atomic E-state index is 0.0181. The third-order valence-corrected chi connectivity index (χ3v) is 6.45. The van der Waals surface area contributed by atoms with Crippen LogP contribution in [0.2, 0.25) is 0 Å². The smallest absolute Gasteiger partial charge is 0.322 e. The van der Waals surface area contributed by atoms with Gasteiger partial charge in [-0.25, -0.2) is 4.79 Å². The average Bonchev–Trinajstić information content (AvgIpc) is 3.30. The van der Waals surface area contributed by atoms with Crippen molar-refractivity contribution in [2.75, 3.05) is 11.9 Å². The van der Waals surface area contributed by atoms with E-state index in [-0.39, 0.29) is 18.1 Å². The van der Waals surface area contributed by atoms with Gasteiger partial charge in [0.15, 0.2) is 0 Å². The van der Waals surface area contributed by atoms with Crippen molar-refractivity contribution < 1.29 is 4.79 Å². The zero-order valence-corrected chi connectivity index (χ0v) is 21.0. The van der Waals surface area contributed by atoms with Crippen LogP contribution in [-0.2, 0) is 25.4 Å². The van der Waals surface area contributed by atoms with Gasteiger partial charge in [-0.05, 0) is 37.1 Å². The number of carbonyl (C=O) groups excluding carboxylic acids is 1. The second-order valence-electron chi connectivity index (χ2n) is 9.07. The highest BCUT2D eigenvalue weighted by Crippen LogP contribution is 2.38. The quantitative estimate of drug-likeness (QED) is 0.355. The molecular weight excluding hydrogens is 440 g/mol. The Morgan fingerprint density at radius 1 is 1.03 bits per heavy atom. The molecule has 0 aliphatic carbocycles. The van der Waals surface area contributed by atoms with Crippen LogP contribution in [-0.4, -0.2) is 31.4 Å². The van der Waals surface area contributed by atoms with Crippen LogP contribution < -0.4 is 16.7 Å². The largest absolute Gasteiger partial charge is 0.328 e. The van der Waals surface area contributed by atoms with Crippen molar-refractivity contribution in [3.63, 3.8) is 0 Å². The number of amides is 1. The van der Waals surface area contributed by atoms with Crippen LogP contribution in [0.4, 0.5) is 5.82 Å². The molecule has 2 aromatic heterocycles. The van der Waals surface area contributed by atoms with Gasteiger partial charge in [-0.1, -0.05) is 56.0 Å². The van der Waals surface area contributed by atoms with Crippen molar-refractivity contribution in [3.8, 4) is 22.4 Å². The van der Waals surface area contributed by atoms with Crippen molar-refractivity contribution in [2.24, 2.45) is 19.8 Å². The SMILES string of the molecule is CCCCCCn1c(=O)n(C)c2cc(-c3c(-c4cccc(C)c4)nn(C)c3NC(=O)CN)ccc21. The predicted molar refractivity (Wildman–Crippen MR) is 141 cm³/mol. The predicted octanol–water partition coefficient (Wildman–Crippen LogP) is 4.19. The maximum absolute atomic E-state index is 13.0. The lowest BCUT2D eigenvalue weighted by Gasteiger charge is -2.10. The number of benzene rings is 2. The molecule has 4 aromatic rings. The molecule has 2 aromatic carbocycles. The van der Waals surface area contributed by atoms with Crippen LogP contribution in [0.25, 0.3) is 33.4 Å². The van der Waals surface area contributed by atoms with E-state index in [0.29, 0.717) is 12.4 Å². The third kappa shape index (κ3) is 4.79. The summed E-state index contributed by atoms with van der Waals surface area (Å²) in [6.07, 6.45) is 4.41. The molecular formula is C27H34N6O2. The molecule has 0 saturated carbocycles. The molecule has 1 amide bonds. The Morgan fingerprint density at radius 2 is 1.83 bits per heavy atom. The second-order valence-corrected chi connectivity index (χ2v) is 9.07. The fourth-order valence-corrected chi connectivity index (χ4v) is 4.59. The molecule has 2 heterocycles. The van der Waals surface area contributed by atoms with Crippen LogP contribution in [0.5, 0.6) is 0 Å². The average molecular weight is 475 g/mol. The number of aryl methyl sites for hydroxylation is 4. The molecule has 35 heavy (non-hydrogen) atoms. The zero-order valence-electron chi connectivity index (χ0n) is 21.0. The molecule has 8 nitrogen and oxygen atoms in total. The van der Waals surface area contributed by atoms with E-state index in [1.807, 2.05) is 47.9 Å². The Kier molecular flexibility index (Phi) is 7.21. The summed E-state index contributed by atoms with van der Waals surface area (Å²) in [6, 6.07) is 14.1. The summed E-state index contributed by atoms with van der Waals surface area (Å²) in [7, 11) is 3.61. The molecule has 8 heteroatoms. The monoisotopic (exact) mass is 474 g/mol. The number of unbranched alkanes of at least 4 members (excludes halogenated alkanes) is 3. The fourth-order valence-electron chi connectivity index (χ4n) is 4.59. The lowest BCUT2D eigenvalue weighted by atomic mass is 9.99. The Hall–Kier alpha value is -3.65. The number of carbonyl (C=O) groups is 1. The molecule has 0 atom stereocenters. The lowest BCUT2D eigenvalue weighted by molar-refractivity contribution is -0.114. The summed E-state index contributed by atoms with van der Waals surface area (Å²) in [6.45, 7) is 4.79. The standard InChI is InChI=1S/C27H34N6O2/c1-5-6-7-8-14-33-21-13-12-19(16-22(21)31(3)27(33)35)24-25(20-11-9-10-18(2)15-20)30-32(4)26(24)29-23(34)17-28/h9-13,15-16H,5-8,14,17,28H2,1-4H3,(H,29,34). The van der Waals surface area contributed by atoms with Gasteiger partial charge in [0.2, 0.25) is 5.91 Å². The first-order chi connectivity index (χ1) is 16.8. The van der Waals surface area contributed by atoms with Gasteiger partial charge in [0.1, 0.15) is 11.5 Å². The first kappa shape index (κ1) is 24.5. The van der Waals surface area contributed by atoms with E-state index in [9.17, 15) is 9.59 Å². The summed E-state index contributed by atoms with van der Waals surface area (Å²) in [5.41, 5.74) is 11.8. The molecule has 0 aliphatic heterocycles. The van der Waals surface area contributed by atoms with E-state index in [1.54, 1.807) is 23.3 Å². The lowest BCUT2D eigenvalue weighted by Crippen LogP contribution is -2.23. The number of nitrogens with two attached hydrogens (primary N) is 1. The number of fused-ring (bicyclic) bond motifs is 1. The molecule has 0 fully saturated rings. The van der Waals surface area contributed by atoms with E-state index in [4.69, 9.17) is 10.8 Å². The fraction of sp³-hybridized carbons (Fsp3) is 0.370. The molecule has 0 aliphatic rings. The van der Waals surface area contributed by atoms with E-state index in [0.717, 1.165) is 58.2 Å². The normalized spacial score (nSPS) is 11.3. The molecule has 0 saturated heterocycles. The summed E-state index contributed by atoms with van der Waals surface area (Å²) >= 11 is 0. The van der Waals surface area contributed by atoms with Crippen molar-refractivity contribution >= 4 is 22.8 Å². The Balaban J connectivity index is 1.87. The molecule has 0 bridgehead atoms. The Bertz CT molecular complexity index is 1430. The Morgan fingerprint density at radius 3 is 2.54 bits per heavy atom. The zero-order chi connectivity index (χ0) is 25.1. The number of rotatable bonds is 9. The maximum atomic E-state index is 13.0. The number of nitrogens with zero attached hydrogens (tertiary/aromatic N) is 4. The first-order valence-corrected chi connectivity index (χ1v) is 12.2. The van der Waals surface area contributed by atoms with Crippen molar-refractivity contribution in [2.45, 2.75) is 46.1 Å². The van der Waals surface area contributed by atoms with E-state index >= 15 is 0 Å². The van der Waals surface area contributed by atoms with Gasteiger partial charge in [0.25, 0.3) is 0 Å². The minimum Gasteiger partial charge on any atom is -0.322 e. The van der Waals surface area contributed by atoms with E-state index in [2.05, 4.69) is 18.3 Å². The van der Waals surface area contributed by atoms with Gasteiger partial charge >= 0.3 is 5.69 Å². The van der Waals surface area contributed by atoms with Crippen molar-refractivity contribution in [1.82, 2.24) is 18.9 Å². The Labute approximate surface area is 205 Å². The van der Waals surface area contributed by atoms with Crippen LogP contribution in [0.3, 0.4) is 0 Å². The molecule has 0 unspecified atom stereocenters. The highest BCUT2D eigenvalue weighted by atomic mass is 16.2. The molecule has 184 valence electrons. The van der Waals surface area contributed by atoms with Gasteiger partial charge in [-0.15, -0.1) is 0 Å². The molecule has 0 spiro atoms. The number of imidazole rings is 1. The van der Waals surface area contributed by atoms with Crippen LogP contribution in [0.1, 0.15) is 38.2 Å². The van der Waals surface area contributed by atoms with Gasteiger partial charge in [0.05, 0.1) is 23.1 Å². The highest BCUT2D eigenvalue weighted by Gasteiger charge is 2.22. The third-order valence-electron chi connectivity index (χ3n) is 6.45. The first-order valence-electron chi connectivity index (χ1n) is 12.2. The summed E-state index contributed by atoms with van der Waals surface area (Å²) in [5, 5.41) is 7.67. The van der Waals surface area contributed by atoms with Crippen LogP contribution >= 0.6 is 0 Å². The van der Waals surface area contributed by atoms with Crippen LogP contribution in [0, 0.1) is 6.92 Å². The number of nitrogens with one attached hydrogen (secondary N) is 1. The van der Waals surface area contributed by atoms with Gasteiger partial charge in [-0.3, -0.25) is 18.6 Å². The van der Waals surface area contributed by atoms with E-state index in [1.165, 1.54) is 6.42 Å². The summed E-state index contributed by atoms with van der Waals surface area (Å²) in [5.74, 6) is 0.275. The van der Waals surface area contributed by atoms with Gasteiger partial charge in [0, 0.05) is 26.2 Å². The molecule has 0 radical (unpaired) electrons. The maximum Gasteiger partial charge on any atom is 0.328 e. The van der Waals surface area contributed by atoms with Crippen molar-refractivity contribution in [1.29, 1.82) is 0 Å². The highest BCUT2D eigenvalue weighted by molar-refractivity contribution is 6.00. The van der Waals surface area contributed by atoms with E-state index < -0.39 is 0 Å². The second kappa shape index (κ2) is 10.3.